The second-order valence-electron chi connectivity index (χ2n) is 5.99. The summed E-state index contributed by atoms with van der Waals surface area (Å²) in [6.07, 6.45) is 4.85. The maximum absolute atomic E-state index is 6.21. The van der Waals surface area contributed by atoms with Gasteiger partial charge in [0.15, 0.2) is 0 Å². The molecule has 0 saturated carbocycles. The average molecular weight is 261 g/mol. The second-order valence-corrected chi connectivity index (χ2v) is 5.99. The fraction of sp³-hybridized carbons (Fsp3) is 0.571. The summed E-state index contributed by atoms with van der Waals surface area (Å²) in [6, 6.07) is 0. The molecule has 2 heterocycles. The van der Waals surface area contributed by atoms with Gasteiger partial charge >= 0.3 is 0 Å². The van der Waals surface area contributed by atoms with Gasteiger partial charge in [0.05, 0.1) is 12.0 Å². The van der Waals surface area contributed by atoms with Crippen LogP contribution in [0.3, 0.4) is 0 Å². The van der Waals surface area contributed by atoms with Crippen LogP contribution in [0, 0.1) is 0 Å². The van der Waals surface area contributed by atoms with E-state index in [1.54, 1.807) is 0 Å². The van der Waals surface area contributed by atoms with E-state index in [2.05, 4.69) is 37.8 Å². The highest BCUT2D eigenvalue weighted by molar-refractivity contribution is 5.72. The Morgan fingerprint density at radius 3 is 2.58 bits per heavy atom. The maximum Gasteiger partial charge on any atom is 0.131 e. The Bertz CT molecular complexity index is 571. The van der Waals surface area contributed by atoms with Crippen molar-refractivity contribution in [2.24, 2.45) is 7.05 Å². The van der Waals surface area contributed by atoms with E-state index in [9.17, 15) is 0 Å². The molecular weight excluding hydrogens is 238 g/mol. The highest BCUT2D eigenvalue weighted by atomic mass is 15.3. The number of nitrogens with zero attached hydrogens (tertiary/aromatic N) is 4. The first kappa shape index (κ1) is 13.6. The van der Waals surface area contributed by atoms with E-state index in [-0.39, 0.29) is 5.41 Å². The Morgan fingerprint density at radius 1 is 1.32 bits per heavy atom. The standard InChI is InChI=1S/C14H23N5/c1-6-7-19-9-16-11(13(19)15)10-8-18(5)17-12(10)14(2,3)4/h8-9H,6-7,15H2,1-5H3. The molecule has 2 aromatic heterocycles. The fourth-order valence-corrected chi connectivity index (χ4v) is 2.23. The zero-order valence-corrected chi connectivity index (χ0v) is 12.4. The molecule has 0 aromatic carbocycles. The third-order valence-electron chi connectivity index (χ3n) is 3.14. The van der Waals surface area contributed by atoms with E-state index in [1.165, 1.54) is 0 Å². The molecule has 0 aliphatic rings. The lowest BCUT2D eigenvalue weighted by molar-refractivity contribution is 0.554. The molecule has 0 spiro atoms. The Balaban J connectivity index is 2.53. The molecular formula is C14H23N5. The number of rotatable bonds is 3. The summed E-state index contributed by atoms with van der Waals surface area (Å²) in [5.41, 5.74) is 9.08. The number of imidazole rings is 1. The van der Waals surface area contributed by atoms with Crippen molar-refractivity contribution < 1.29 is 0 Å². The number of hydrogen-bond donors (Lipinski definition) is 1. The lowest BCUT2D eigenvalue weighted by atomic mass is 9.89. The van der Waals surface area contributed by atoms with Crippen molar-refractivity contribution in [3.8, 4) is 11.3 Å². The number of aromatic nitrogens is 4. The molecule has 0 saturated heterocycles. The average Bonchev–Trinajstić information content (AvgIpc) is 2.84. The molecule has 2 N–H and O–H groups in total. The number of aryl methyl sites for hydroxylation is 2. The maximum atomic E-state index is 6.21. The lowest BCUT2D eigenvalue weighted by Gasteiger charge is -2.17. The van der Waals surface area contributed by atoms with Crippen molar-refractivity contribution >= 4 is 5.82 Å². The van der Waals surface area contributed by atoms with E-state index >= 15 is 0 Å². The Kier molecular flexibility index (Phi) is 3.39. The topological polar surface area (TPSA) is 61.7 Å². The van der Waals surface area contributed by atoms with Crippen LogP contribution in [0.5, 0.6) is 0 Å². The minimum Gasteiger partial charge on any atom is -0.383 e. The summed E-state index contributed by atoms with van der Waals surface area (Å²) < 4.78 is 3.82. The first-order valence-corrected chi connectivity index (χ1v) is 6.69. The molecule has 0 fully saturated rings. The van der Waals surface area contributed by atoms with Gasteiger partial charge in [-0.05, 0) is 6.42 Å². The highest BCUT2D eigenvalue weighted by Crippen LogP contribution is 2.33. The summed E-state index contributed by atoms with van der Waals surface area (Å²) >= 11 is 0. The first-order chi connectivity index (χ1) is 8.84. The third kappa shape index (κ3) is 2.50. The van der Waals surface area contributed by atoms with Crippen LogP contribution >= 0.6 is 0 Å². The normalized spacial score (nSPS) is 12.1. The minimum absolute atomic E-state index is 0.0302. The molecule has 0 aliphatic carbocycles. The zero-order chi connectivity index (χ0) is 14.2. The van der Waals surface area contributed by atoms with E-state index < -0.39 is 0 Å². The predicted molar refractivity (Wildman–Crippen MR) is 77.8 cm³/mol. The number of hydrogen-bond acceptors (Lipinski definition) is 3. The molecule has 2 aromatic rings. The molecule has 0 radical (unpaired) electrons. The minimum atomic E-state index is -0.0302. The van der Waals surface area contributed by atoms with Gasteiger partial charge in [-0.2, -0.15) is 5.10 Å². The van der Waals surface area contributed by atoms with E-state index in [0.29, 0.717) is 0 Å². The first-order valence-electron chi connectivity index (χ1n) is 6.69. The molecule has 0 unspecified atom stereocenters. The highest BCUT2D eigenvalue weighted by Gasteiger charge is 2.25. The van der Waals surface area contributed by atoms with Gasteiger partial charge in [0.1, 0.15) is 11.5 Å². The molecule has 0 aliphatic heterocycles. The summed E-state index contributed by atoms with van der Waals surface area (Å²) in [7, 11) is 1.93. The molecule has 0 atom stereocenters. The number of nitrogen functional groups attached to an aromatic ring is 1. The molecule has 0 bridgehead atoms. The van der Waals surface area contributed by atoms with E-state index in [1.807, 2.05) is 28.8 Å². The van der Waals surface area contributed by atoms with Crippen molar-refractivity contribution in [1.29, 1.82) is 0 Å². The van der Waals surface area contributed by atoms with Crippen LogP contribution in [0.25, 0.3) is 11.3 Å². The molecule has 5 heteroatoms. The van der Waals surface area contributed by atoms with E-state index in [4.69, 9.17) is 5.73 Å². The van der Waals surface area contributed by atoms with Crippen molar-refractivity contribution in [2.75, 3.05) is 5.73 Å². The molecule has 19 heavy (non-hydrogen) atoms. The summed E-state index contributed by atoms with van der Waals surface area (Å²) in [6.45, 7) is 9.47. The van der Waals surface area contributed by atoms with Crippen molar-refractivity contribution in [1.82, 2.24) is 19.3 Å². The largest absolute Gasteiger partial charge is 0.383 e. The van der Waals surface area contributed by atoms with Crippen LogP contribution in [-0.4, -0.2) is 19.3 Å². The van der Waals surface area contributed by atoms with E-state index in [0.717, 1.165) is 35.7 Å². The number of nitrogens with two attached hydrogens (primary N) is 1. The van der Waals surface area contributed by atoms with Crippen molar-refractivity contribution in [2.45, 2.75) is 46.1 Å². The lowest BCUT2D eigenvalue weighted by Crippen LogP contribution is -2.14. The van der Waals surface area contributed by atoms with Crippen molar-refractivity contribution in [3.63, 3.8) is 0 Å². The van der Waals surface area contributed by atoms with Gasteiger partial charge in [-0.1, -0.05) is 27.7 Å². The van der Waals surface area contributed by atoms with Crippen molar-refractivity contribution in [3.05, 3.63) is 18.2 Å². The SMILES string of the molecule is CCCn1cnc(-c2cn(C)nc2C(C)(C)C)c1N. The quantitative estimate of drug-likeness (QED) is 0.923. The van der Waals surface area contributed by atoms with Crippen LogP contribution in [0.1, 0.15) is 39.8 Å². The van der Waals surface area contributed by atoms with Gasteiger partial charge in [0.2, 0.25) is 0 Å². The smallest absolute Gasteiger partial charge is 0.131 e. The van der Waals surface area contributed by atoms with Gasteiger partial charge in [0.25, 0.3) is 0 Å². The van der Waals surface area contributed by atoms with Crippen LogP contribution < -0.4 is 5.73 Å². The van der Waals surface area contributed by atoms with Gasteiger partial charge in [-0.3, -0.25) is 4.68 Å². The summed E-state index contributed by atoms with van der Waals surface area (Å²) in [4.78, 5) is 4.48. The fourth-order valence-electron chi connectivity index (χ4n) is 2.23. The molecule has 104 valence electrons. The van der Waals surface area contributed by atoms with Crippen LogP contribution in [-0.2, 0) is 19.0 Å². The van der Waals surface area contributed by atoms with Gasteiger partial charge in [-0.25, -0.2) is 4.98 Å². The predicted octanol–water partition coefficient (Wildman–Crippen LogP) is 2.57. The van der Waals surface area contributed by atoms with Gasteiger partial charge in [0, 0.05) is 30.8 Å². The number of anilines is 1. The Labute approximate surface area is 114 Å². The molecule has 2 rings (SSSR count). The summed E-state index contributed by atoms with van der Waals surface area (Å²) in [5.74, 6) is 0.723. The second kappa shape index (κ2) is 4.72. The van der Waals surface area contributed by atoms with Gasteiger partial charge < -0.3 is 10.3 Å². The van der Waals surface area contributed by atoms with Gasteiger partial charge in [-0.15, -0.1) is 0 Å². The Morgan fingerprint density at radius 2 is 2.00 bits per heavy atom. The van der Waals surface area contributed by atoms with Crippen LogP contribution in [0.15, 0.2) is 12.5 Å². The molecule has 0 amide bonds. The van der Waals surface area contributed by atoms with Crippen LogP contribution in [0.4, 0.5) is 5.82 Å². The third-order valence-corrected chi connectivity index (χ3v) is 3.14. The zero-order valence-electron chi connectivity index (χ0n) is 12.4. The Hall–Kier alpha value is -1.78. The monoisotopic (exact) mass is 261 g/mol. The molecule has 5 nitrogen and oxygen atoms in total. The van der Waals surface area contributed by atoms with Crippen LogP contribution in [0.2, 0.25) is 0 Å². The summed E-state index contributed by atoms with van der Waals surface area (Å²) in [5, 5.41) is 4.57.